The Morgan fingerprint density at radius 3 is 2.45 bits per heavy atom. The Bertz CT molecular complexity index is 1030. The fourth-order valence-electron chi connectivity index (χ4n) is 4.51. The number of aryl methyl sites for hydroxylation is 2. The highest BCUT2D eigenvalue weighted by Crippen LogP contribution is 2.28. The number of benzene rings is 2. The van der Waals surface area contributed by atoms with Crippen molar-refractivity contribution < 1.29 is 13.9 Å². The number of hydrogen-bond acceptors (Lipinski definition) is 4. The van der Waals surface area contributed by atoms with Gasteiger partial charge in [0.25, 0.3) is 5.91 Å². The van der Waals surface area contributed by atoms with Crippen molar-refractivity contribution in [3.8, 4) is 5.75 Å². The summed E-state index contributed by atoms with van der Waals surface area (Å²) < 4.78 is 11.2. The molecule has 0 radical (unpaired) electrons. The number of hydrogen-bond donors (Lipinski definition) is 1. The smallest absolute Gasteiger partial charge is 0.287 e. The van der Waals surface area contributed by atoms with Gasteiger partial charge in [0.05, 0.1) is 13.2 Å². The molecule has 5 nitrogen and oxygen atoms in total. The van der Waals surface area contributed by atoms with Crippen LogP contribution in [0.25, 0.3) is 11.0 Å². The van der Waals surface area contributed by atoms with Crippen LogP contribution in [-0.2, 0) is 0 Å². The first kappa shape index (κ1) is 21.4. The summed E-state index contributed by atoms with van der Waals surface area (Å²) in [5.74, 6) is 1.10. The van der Waals surface area contributed by atoms with Gasteiger partial charge in [0.1, 0.15) is 11.3 Å². The number of likely N-dealkylation sites (tertiary alicyclic amines) is 1. The van der Waals surface area contributed by atoms with Crippen molar-refractivity contribution in [2.75, 3.05) is 26.7 Å². The molecule has 2 heterocycles. The van der Waals surface area contributed by atoms with Gasteiger partial charge in [-0.25, -0.2) is 0 Å². The van der Waals surface area contributed by atoms with Crippen molar-refractivity contribution in [2.45, 2.75) is 45.6 Å². The number of carbonyl (C=O) groups is 1. The minimum Gasteiger partial charge on any atom is -0.497 e. The third-order valence-corrected chi connectivity index (χ3v) is 6.34. The average molecular weight is 421 g/mol. The normalized spacial score (nSPS) is 16.1. The van der Waals surface area contributed by atoms with E-state index in [1.54, 1.807) is 7.11 Å². The van der Waals surface area contributed by atoms with Crippen LogP contribution in [0.2, 0.25) is 0 Å². The van der Waals surface area contributed by atoms with Crippen LogP contribution < -0.4 is 10.1 Å². The van der Waals surface area contributed by atoms with Crippen LogP contribution in [0, 0.1) is 13.8 Å². The fourth-order valence-corrected chi connectivity index (χ4v) is 4.51. The molecule has 2 aromatic carbocycles. The summed E-state index contributed by atoms with van der Waals surface area (Å²) in [6.45, 7) is 6.65. The minimum atomic E-state index is -0.153. The molecule has 0 spiro atoms. The van der Waals surface area contributed by atoms with E-state index >= 15 is 0 Å². The SMILES string of the molecule is COc1ccc(C(CNC(=O)c2oc3ccc(C)cc3c2C)N2CCCCCC2)cc1. The second-order valence-corrected chi connectivity index (χ2v) is 8.50. The monoisotopic (exact) mass is 420 g/mol. The molecule has 1 aliphatic heterocycles. The highest BCUT2D eigenvalue weighted by molar-refractivity contribution is 5.99. The Labute approximate surface area is 184 Å². The number of ether oxygens (including phenoxy) is 1. The maximum absolute atomic E-state index is 13.1. The number of rotatable bonds is 6. The summed E-state index contributed by atoms with van der Waals surface area (Å²) in [6, 6.07) is 14.3. The van der Waals surface area contributed by atoms with Crippen LogP contribution in [-0.4, -0.2) is 37.6 Å². The van der Waals surface area contributed by atoms with Gasteiger partial charge in [-0.3, -0.25) is 9.69 Å². The van der Waals surface area contributed by atoms with Gasteiger partial charge < -0.3 is 14.5 Å². The van der Waals surface area contributed by atoms with Gasteiger partial charge >= 0.3 is 0 Å². The third kappa shape index (κ3) is 4.77. The van der Waals surface area contributed by atoms with Crippen molar-refractivity contribution in [1.82, 2.24) is 10.2 Å². The van der Waals surface area contributed by atoms with E-state index in [-0.39, 0.29) is 11.9 Å². The van der Waals surface area contributed by atoms with Gasteiger partial charge in [-0.1, -0.05) is 36.6 Å². The number of fused-ring (bicyclic) bond motifs is 1. The maximum Gasteiger partial charge on any atom is 0.287 e. The highest BCUT2D eigenvalue weighted by Gasteiger charge is 2.24. The summed E-state index contributed by atoms with van der Waals surface area (Å²) in [7, 11) is 1.68. The quantitative estimate of drug-likeness (QED) is 0.580. The Kier molecular flexibility index (Phi) is 6.62. The second-order valence-electron chi connectivity index (χ2n) is 8.50. The van der Waals surface area contributed by atoms with E-state index in [1.165, 1.54) is 31.2 Å². The number of amides is 1. The Morgan fingerprint density at radius 2 is 1.77 bits per heavy atom. The van der Waals surface area contributed by atoms with E-state index in [2.05, 4.69) is 28.4 Å². The molecule has 5 heteroatoms. The number of carbonyl (C=O) groups excluding carboxylic acids is 1. The first-order valence-corrected chi connectivity index (χ1v) is 11.2. The topological polar surface area (TPSA) is 54.7 Å². The first-order valence-electron chi connectivity index (χ1n) is 11.2. The lowest BCUT2D eigenvalue weighted by Gasteiger charge is -2.31. The molecule has 1 atom stereocenters. The van der Waals surface area contributed by atoms with Crippen LogP contribution in [0.1, 0.15) is 59.0 Å². The Hall–Kier alpha value is -2.79. The van der Waals surface area contributed by atoms with Crippen molar-refractivity contribution in [3.63, 3.8) is 0 Å². The first-order chi connectivity index (χ1) is 15.1. The Balaban J connectivity index is 1.55. The van der Waals surface area contributed by atoms with Crippen molar-refractivity contribution in [3.05, 3.63) is 64.9 Å². The molecule has 3 aromatic rings. The zero-order chi connectivity index (χ0) is 21.8. The molecule has 0 bridgehead atoms. The number of nitrogens with zero attached hydrogens (tertiary/aromatic N) is 1. The van der Waals surface area contributed by atoms with Crippen LogP contribution in [0.5, 0.6) is 5.75 Å². The van der Waals surface area contributed by atoms with E-state index in [1.807, 2.05) is 38.1 Å². The molecule has 0 saturated carbocycles. The van der Waals surface area contributed by atoms with Gasteiger partial charge in [0, 0.05) is 17.5 Å². The summed E-state index contributed by atoms with van der Waals surface area (Å²) in [5, 5.41) is 4.16. The summed E-state index contributed by atoms with van der Waals surface area (Å²) in [6.07, 6.45) is 4.94. The molecule has 1 saturated heterocycles. The van der Waals surface area contributed by atoms with E-state index < -0.39 is 0 Å². The summed E-state index contributed by atoms with van der Waals surface area (Å²) in [5.41, 5.74) is 4.00. The molecule has 0 aliphatic carbocycles. The van der Waals surface area contributed by atoms with Crippen LogP contribution in [0.15, 0.2) is 46.9 Å². The van der Waals surface area contributed by atoms with Gasteiger partial charge in [0.15, 0.2) is 5.76 Å². The zero-order valence-electron chi connectivity index (χ0n) is 18.7. The largest absolute Gasteiger partial charge is 0.497 e. The molecule has 1 unspecified atom stereocenters. The van der Waals surface area contributed by atoms with Crippen LogP contribution in [0.4, 0.5) is 0 Å². The van der Waals surface area contributed by atoms with E-state index in [0.29, 0.717) is 12.3 Å². The van der Waals surface area contributed by atoms with E-state index in [0.717, 1.165) is 40.9 Å². The van der Waals surface area contributed by atoms with Gasteiger partial charge in [-0.05, 0) is 69.6 Å². The zero-order valence-corrected chi connectivity index (χ0v) is 18.7. The van der Waals surface area contributed by atoms with Crippen molar-refractivity contribution >= 4 is 16.9 Å². The maximum atomic E-state index is 13.1. The lowest BCUT2D eigenvalue weighted by atomic mass is 10.0. The number of nitrogens with one attached hydrogen (secondary N) is 1. The molecule has 1 fully saturated rings. The molecular weight excluding hydrogens is 388 g/mol. The predicted octanol–water partition coefficient (Wildman–Crippen LogP) is 5.41. The predicted molar refractivity (Wildman–Crippen MR) is 124 cm³/mol. The lowest BCUT2D eigenvalue weighted by Crippen LogP contribution is -2.38. The summed E-state index contributed by atoms with van der Waals surface area (Å²) >= 11 is 0. The van der Waals surface area contributed by atoms with Crippen LogP contribution in [0.3, 0.4) is 0 Å². The van der Waals surface area contributed by atoms with E-state index in [9.17, 15) is 4.79 Å². The molecule has 1 N–H and O–H groups in total. The molecule has 4 rings (SSSR count). The van der Waals surface area contributed by atoms with Gasteiger partial charge in [-0.15, -0.1) is 0 Å². The van der Waals surface area contributed by atoms with E-state index in [4.69, 9.17) is 9.15 Å². The standard InChI is InChI=1S/C26H32N2O3/c1-18-8-13-24-22(16-18)19(2)25(31-24)26(29)27-17-23(28-14-6-4-5-7-15-28)20-9-11-21(30-3)12-10-20/h8-13,16,23H,4-7,14-15,17H2,1-3H3,(H,27,29). The van der Waals surface area contributed by atoms with Crippen molar-refractivity contribution in [2.24, 2.45) is 0 Å². The second kappa shape index (κ2) is 9.56. The summed E-state index contributed by atoms with van der Waals surface area (Å²) in [4.78, 5) is 15.6. The minimum absolute atomic E-state index is 0.125. The van der Waals surface area contributed by atoms with Crippen LogP contribution >= 0.6 is 0 Å². The fraction of sp³-hybridized carbons (Fsp3) is 0.423. The molecule has 1 aromatic heterocycles. The third-order valence-electron chi connectivity index (χ3n) is 6.34. The Morgan fingerprint density at radius 1 is 1.06 bits per heavy atom. The number of furan rings is 1. The van der Waals surface area contributed by atoms with Crippen molar-refractivity contribution in [1.29, 1.82) is 0 Å². The average Bonchev–Trinajstić information content (AvgIpc) is 2.95. The highest BCUT2D eigenvalue weighted by atomic mass is 16.5. The molecule has 1 aliphatic rings. The lowest BCUT2D eigenvalue weighted by molar-refractivity contribution is 0.0907. The number of methoxy groups -OCH3 is 1. The molecule has 164 valence electrons. The molecular formula is C26H32N2O3. The molecule has 31 heavy (non-hydrogen) atoms. The molecule has 1 amide bonds. The van der Waals surface area contributed by atoms with Gasteiger partial charge in [-0.2, -0.15) is 0 Å². The van der Waals surface area contributed by atoms with Gasteiger partial charge in [0.2, 0.25) is 0 Å².